The standard InChI is InChI=1S/C20H21ClN2O2S/c1-19(2)11-20(23-18(26)22-19)10-16(12-3-5-13(21)6-4-12)15-8-7-14(24)9-17(15)25-20/h3-9,16,24H,10-11H2,1-2H3,(H2,22,23,26)/t16-,20-/m0/s1. The zero-order valence-corrected chi connectivity index (χ0v) is 16.2. The van der Waals surface area contributed by atoms with Crippen molar-refractivity contribution in [2.24, 2.45) is 0 Å². The third-order valence-electron chi connectivity index (χ3n) is 5.00. The van der Waals surface area contributed by atoms with Crippen LogP contribution in [0.5, 0.6) is 11.5 Å². The Balaban J connectivity index is 1.81. The molecular formula is C20H21ClN2O2S. The summed E-state index contributed by atoms with van der Waals surface area (Å²) in [6, 6.07) is 13.2. The van der Waals surface area contributed by atoms with Gasteiger partial charge in [0.25, 0.3) is 0 Å². The van der Waals surface area contributed by atoms with Crippen LogP contribution in [-0.2, 0) is 0 Å². The third kappa shape index (κ3) is 3.21. The molecule has 136 valence electrons. The number of nitrogens with one attached hydrogen (secondary N) is 2. The normalized spacial score (nSPS) is 26.4. The lowest BCUT2D eigenvalue weighted by Crippen LogP contribution is -2.69. The summed E-state index contributed by atoms with van der Waals surface area (Å²) in [7, 11) is 0. The maximum atomic E-state index is 9.97. The van der Waals surface area contributed by atoms with Gasteiger partial charge in [0, 0.05) is 41.0 Å². The number of fused-ring (bicyclic) bond motifs is 1. The van der Waals surface area contributed by atoms with Gasteiger partial charge >= 0.3 is 0 Å². The summed E-state index contributed by atoms with van der Waals surface area (Å²) in [6.45, 7) is 4.22. The molecule has 1 saturated heterocycles. The molecule has 2 aliphatic heterocycles. The minimum absolute atomic E-state index is 0.112. The fourth-order valence-corrected chi connectivity index (χ4v) is 4.70. The smallest absolute Gasteiger partial charge is 0.185 e. The van der Waals surface area contributed by atoms with Gasteiger partial charge < -0.3 is 20.5 Å². The summed E-state index contributed by atoms with van der Waals surface area (Å²) in [5, 5.41) is 17.9. The Labute approximate surface area is 163 Å². The average molecular weight is 389 g/mol. The number of phenolic OH excluding ortho intramolecular Hbond substituents is 1. The monoisotopic (exact) mass is 388 g/mol. The SMILES string of the molecule is CC1(C)C[C@@]2(C[C@@H](c3ccc(Cl)cc3)c3ccc(O)cc3O2)NC(=S)N1. The first kappa shape index (κ1) is 17.4. The molecule has 0 unspecified atom stereocenters. The number of rotatable bonds is 1. The number of benzene rings is 2. The molecule has 0 amide bonds. The molecule has 0 saturated carbocycles. The number of hydrogen-bond acceptors (Lipinski definition) is 3. The highest BCUT2D eigenvalue weighted by Gasteiger charge is 2.48. The van der Waals surface area contributed by atoms with Gasteiger partial charge in [-0.3, -0.25) is 0 Å². The molecular weight excluding hydrogens is 368 g/mol. The largest absolute Gasteiger partial charge is 0.508 e. The number of halogens is 1. The highest BCUT2D eigenvalue weighted by atomic mass is 35.5. The van der Waals surface area contributed by atoms with E-state index in [2.05, 4.69) is 24.5 Å². The number of phenols is 1. The Morgan fingerprint density at radius 2 is 1.88 bits per heavy atom. The van der Waals surface area contributed by atoms with Crippen molar-refractivity contribution < 1.29 is 9.84 Å². The highest BCUT2D eigenvalue weighted by Crippen LogP contribution is 2.47. The van der Waals surface area contributed by atoms with Gasteiger partial charge in [0.05, 0.1) is 0 Å². The molecule has 2 aromatic carbocycles. The summed E-state index contributed by atoms with van der Waals surface area (Å²) in [4.78, 5) is 0. The van der Waals surface area contributed by atoms with Crippen molar-refractivity contribution in [2.45, 2.75) is 43.9 Å². The molecule has 2 aliphatic rings. The summed E-state index contributed by atoms with van der Waals surface area (Å²) >= 11 is 11.5. The van der Waals surface area contributed by atoms with Crippen LogP contribution in [0.1, 0.15) is 43.7 Å². The molecule has 2 aromatic rings. The van der Waals surface area contributed by atoms with E-state index in [1.54, 1.807) is 12.1 Å². The second-order valence-corrected chi connectivity index (χ2v) is 8.61. The molecule has 4 rings (SSSR count). The zero-order chi connectivity index (χ0) is 18.5. The molecule has 3 N–H and O–H groups in total. The van der Waals surface area contributed by atoms with Crippen molar-refractivity contribution in [2.75, 3.05) is 0 Å². The zero-order valence-electron chi connectivity index (χ0n) is 14.7. The van der Waals surface area contributed by atoms with Gasteiger partial charge in [0.2, 0.25) is 0 Å². The van der Waals surface area contributed by atoms with E-state index < -0.39 is 5.72 Å². The Hall–Kier alpha value is -1.98. The second-order valence-electron chi connectivity index (χ2n) is 7.77. The molecule has 1 fully saturated rings. The van der Waals surface area contributed by atoms with Crippen molar-refractivity contribution in [3.8, 4) is 11.5 Å². The van der Waals surface area contributed by atoms with Gasteiger partial charge in [-0.05, 0) is 49.8 Å². The Morgan fingerprint density at radius 1 is 1.15 bits per heavy atom. The lowest BCUT2D eigenvalue weighted by molar-refractivity contribution is -0.0128. The molecule has 0 aliphatic carbocycles. The highest BCUT2D eigenvalue weighted by molar-refractivity contribution is 7.80. The number of thiocarbonyl (C=S) groups is 1. The van der Waals surface area contributed by atoms with Gasteiger partial charge in [-0.25, -0.2) is 0 Å². The van der Waals surface area contributed by atoms with Crippen LogP contribution in [0.25, 0.3) is 0 Å². The van der Waals surface area contributed by atoms with E-state index in [9.17, 15) is 5.11 Å². The van der Waals surface area contributed by atoms with Crippen LogP contribution in [0, 0.1) is 0 Å². The van der Waals surface area contributed by atoms with E-state index >= 15 is 0 Å². The number of aromatic hydroxyl groups is 1. The quantitative estimate of drug-likeness (QED) is 0.636. The molecule has 26 heavy (non-hydrogen) atoms. The molecule has 0 radical (unpaired) electrons. The maximum Gasteiger partial charge on any atom is 0.185 e. The van der Waals surface area contributed by atoms with Gasteiger partial charge in [0.15, 0.2) is 10.8 Å². The fourth-order valence-electron chi connectivity index (χ4n) is 4.12. The van der Waals surface area contributed by atoms with Crippen molar-refractivity contribution >= 4 is 28.9 Å². The Morgan fingerprint density at radius 3 is 2.58 bits per heavy atom. The second kappa shape index (κ2) is 6.03. The molecule has 6 heteroatoms. The first-order chi connectivity index (χ1) is 12.3. The summed E-state index contributed by atoms with van der Waals surface area (Å²) in [5.41, 5.74) is 1.39. The molecule has 2 heterocycles. The lowest BCUT2D eigenvalue weighted by Gasteiger charge is -2.50. The lowest BCUT2D eigenvalue weighted by atomic mass is 9.77. The van der Waals surface area contributed by atoms with Crippen LogP contribution >= 0.6 is 23.8 Å². The molecule has 1 spiro atoms. The predicted molar refractivity (Wildman–Crippen MR) is 107 cm³/mol. The summed E-state index contributed by atoms with van der Waals surface area (Å²) in [5.74, 6) is 0.983. The summed E-state index contributed by atoms with van der Waals surface area (Å²) < 4.78 is 6.40. The third-order valence-corrected chi connectivity index (χ3v) is 5.46. The van der Waals surface area contributed by atoms with Crippen LogP contribution < -0.4 is 15.4 Å². The van der Waals surface area contributed by atoms with E-state index in [1.165, 1.54) is 0 Å². The van der Waals surface area contributed by atoms with Gasteiger partial charge in [-0.1, -0.05) is 29.8 Å². The number of hydrogen-bond donors (Lipinski definition) is 3. The predicted octanol–water partition coefficient (Wildman–Crippen LogP) is 4.30. The maximum absolute atomic E-state index is 9.97. The van der Waals surface area contributed by atoms with Crippen LogP contribution in [0.3, 0.4) is 0 Å². The van der Waals surface area contributed by atoms with Crippen molar-refractivity contribution in [1.29, 1.82) is 0 Å². The first-order valence-corrected chi connectivity index (χ1v) is 9.42. The Kier molecular flexibility index (Phi) is 4.04. The van der Waals surface area contributed by atoms with E-state index in [-0.39, 0.29) is 17.2 Å². The molecule has 4 nitrogen and oxygen atoms in total. The van der Waals surface area contributed by atoms with E-state index in [4.69, 9.17) is 28.6 Å². The number of ether oxygens (including phenoxy) is 1. The van der Waals surface area contributed by atoms with Gasteiger partial charge in [-0.15, -0.1) is 0 Å². The Bertz CT molecular complexity index is 869. The van der Waals surface area contributed by atoms with Crippen LogP contribution in [0.15, 0.2) is 42.5 Å². The minimum atomic E-state index is -0.628. The van der Waals surface area contributed by atoms with Crippen LogP contribution in [0.2, 0.25) is 5.02 Å². The van der Waals surface area contributed by atoms with Crippen LogP contribution in [-0.4, -0.2) is 21.5 Å². The topological polar surface area (TPSA) is 53.5 Å². The average Bonchev–Trinajstić information content (AvgIpc) is 2.52. The van der Waals surface area contributed by atoms with E-state index in [1.807, 2.05) is 30.3 Å². The molecule has 0 aromatic heterocycles. The first-order valence-electron chi connectivity index (χ1n) is 8.63. The van der Waals surface area contributed by atoms with Crippen molar-refractivity contribution in [1.82, 2.24) is 10.6 Å². The van der Waals surface area contributed by atoms with Crippen molar-refractivity contribution in [3.63, 3.8) is 0 Å². The summed E-state index contributed by atoms with van der Waals surface area (Å²) in [6.07, 6.45) is 1.47. The van der Waals surface area contributed by atoms with Gasteiger partial charge in [-0.2, -0.15) is 0 Å². The fraction of sp³-hybridized carbons (Fsp3) is 0.350. The molecule has 0 bridgehead atoms. The van der Waals surface area contributed by atoms with Gasteiger partial charge in [0.1, 0.15) is 11.5 Å². The van der Waals surface area contributed by atoms with Crippen molar-refractivity contribution in [3.05, 3.63) is 58.6 Å². The van der Waals surface area contributed by atoms with E-state index in [0.717, 1.165) is 24.0 Å². The van der Waals surface area contributed by atoms with Crippen LogP contribution in [0.4, 0.5) is 0 Å². The van der Waals surface area contributed by atoms with E-state index in [0.29, 0.717) is 15.9 Å². The molecule has 2 atom stereocenters. The minimum Gasteiger partial charge on any atom is -0.508 e.